The van der Waals surface area contributed by atoms with E-state index in [1.807, 2.05) is 19.2 Å². The number of thiophene rings is 1. The summed E-state index contributed by atoms with van der Waals surface area (Å²) in [5.41, 5.74) is 3.78. The van der Waals surface area contributed by atoms with Crippen molar-refractivity contribution >= 4 is 27.5 Å². The molecule has 1 aromatic carbocycles. The highest BCUT2D eigenvalue weighted by molar-refractivity contribution is 7.18. The third kappa shape index (κ3) is 2.53. The van der Waals surface area contributed by atoms with Gasteiger partial charge in [0, 0.05) is 18.5 Å². The maximum absolute atomic E-state index is 12.9. The highest BCUT2D eigenvalue weighted by Gasteiger charge is 2.21. The predicted octanol–water partition coefficient (Wildman–Crippen LogP) is 3.79. The quantitative estimate of drug-likeness (QED) is 0.790. The Hall–Kier alpha value is -2.14. The molecule has 0 spiro atoms. The van der Waals surface area contributed by atoms with Crippen LogP contribution in [-0.4, -0.2) is 9.55 Å². The second-order valence-corrected chi connectivity index (χ2v) is 7.55. The molecule has 0 atom stereocenters. The third-order valence-electron chi connectivity index (χ3n) is 4.89. The largest absolute Gasteiger partial charge is 0.351 e. The molecular formula is C19H21N3OS. The third-order valence-corrected chi connectivity index (χ3v) is 6.08. The van der Waals surface area contributed by atoms with Crippen molar-refractivity contribution in [2.75, 3.05) is 5.32 Å². The fourth-order valence-corrected chi connectivity index (χ4v) is 4.68. The molecule has 0 saturated heterocycles. The first-order valence-electron chi connectivity index (χ1n) is 8.45. The maximum Gasteiger partial charge on any atom is 0.263 e. The Morgan fingerprint density at radius 1 is 1.25 bits per heavy atom. The van der Waals surface area contributed by atoms with Crippen molar-refractivity contribution in [2.24, 2.45) is 7.05 Å². The molecule has 0 radical (unpaired) electrons. The lowest BCUT2D eigenvalue weighted by atomic mass is 9.97. The lowest BCUT2D eigenvalue weighted by Crippen LogP contribution is -2.22. The standard InChI is InChI=1S/C19H21N3OS/c1-12-7-3-4-8-13(12)11-20-19-21-17-16(18(23)22(19)2)14-9-5-6-10-15(14)24-17/h3-4,7-8H,5-6,9-11H2,1-2H3,(H,20,21). The fourth-order valence-electron chi connectivity index (χ4n) is 3.43. The molecule has 124 valence electrons. The van der Waals surface area contributed by atoms with E-state index < -0.39 is 0 Å². The second kappa shape index (κ2) is 6.06. The number of fused-ring (bicyclic) bond motifs is 3. The number of nitrogens with one attached hydrogen (secondary N) is 1. The fraction of sp³-hybridized carbons (Fsp3) is 0.368. The van der Waals surface area contributed by atoms with Crippen LogP contribution in [0.5, 0.6) is 0 Å². The van der Waals surface area contributed by atoms with Gasteiger partial charge in [-0.1, -0.05) is 24.3 Å². The molecule has 0 bridgehead atoms. The topological polar surface area (TPSA) is 46.9 Å². The molecule has 1 aliphatic rings. The van der Waals surface area contributed by atoms with Crippen molar-refractivity contribution in [2.45, 2.75) is 39.2 Å². The number of anilines is 1. The maximum atomic E-state index is 12.9. The van der Waals surface area contributed by atoms with Crippen LogP contribution in [-0.2, 0) is 26.4 Å². The molecular weight excluding hydrogens is 318 g/mol. The lowest BCUT2D eigenvalue weighted by Gasteiger charge is -2.12. The summed E-state index contributed by atoms with van der Waals surface area (Å²) in [6, 6.07) is 8.27. The van der Waals surface area contributed by atoms with Crippen LogP contribution in [0.3, 0.4) is 0 Å². The number of hydrogen-bond acceptors (Lipinski definition) is 4. The summed E-state index contributed by atoms with van der Waals surface area (Å²) >= 11 is 1.70. The predicted molar refractivity (Wildman–Crippen MR) is 100 cm³/mol. The summed E-state index contributed by atoms with van der Waals surface area (Å²) < 4.78 is 1.65. The van der Waals surface area contributed by atoms with Crippen LogP contribution in [0.1, 0.15) is 34.4 Å². The Bertz CT molecular complexity index is 971. The van der Waals surface area contributed by atoms with Gasteiger partial charge in [-0.3, -0.25) is 9.36 Å². The van der Waals surface area contributed by atoms with Crippen LogP contribution in [0.15, 0.2) is 29.1 Å². The average molecular weight is 339 g/mol. The average Bonchev–Trinajstić information content (AvgIpc) is 2.96. The van der Waals surface area contributed by atoms with E-state index in [4.69, 9.17) is 4.98 Å². The van der Waals surface area contributed by atoms with E-state index >= 15 is 0 Å². The lowest BCUT2D eigenvalue weighted by molar-refractivity contribution is 0.699. The summed E-state index contributed by atoms with van der Waals surface area (Å²) in [5.74, 6) is 0.648. The first-order chi connectivity index (χ1) is 11.6. The van der Waals surface area contributed by atoms with Gasteiger partial charge in [0.05, 0.1) is 5.39 Å². The Morgan fingerprint density at radius 2 is 2.04 bits per heavy atom. The molecule has 1 N–H and O–H groups in total. The van der Waals surface area contributed by atoms with Crippen LogP contribution >= 0.6 is 11.3 Å². The number of benzene rings is 1. The Kier molecular flexibility index (Phi) is 3.88. The molecule has 0 aliphatic heterocycles. The first kappa shape index (κ1) is 15.4. The Morgan fingerprint density at radius 3 is 2.88 bits per heavy atom. The molecule has 0 fully saturated rings. The number of aryl methyl sites for hydroxylation is 3. The van der Waals surface area contributed by atoms with E-state index in [9.17, 15) is 4.79 Å². The molecule has 2 aromatic heterocycles. The van der Waals surface area contributed by atoms with Crippen molar-refractivity contribution in [3.8, 4) is 0 Å². The molecule has 1 aliphatic carbocycles. The summed E-state index contributed by atoms with van der Waals surface area (Å²) in [7, 11) is 1.81. The van der Waals surface area contributed by atoms with E-state index in [-0.39, 0.29) is 5.56 Å². The monoisotopic (exact) mass is 339 g/mol. The molecule has 0 amide bonds. The van der Waals surface area contributed by atoms with Crippen LogP contribution in [0.25, 0.3) is 10.2 Å². The van der Waals surface area contributed by atoms with Gasteiger partial charge in [-0.15, -0.1) is 11.3 Å². The van der Waals surface area contributed by atoms with Gasteiger partial charge in [0.1, 0.15) is 4.83 Å². The number of aromatic nitrogens is 2. The number of rotatable bonds is 3. The highest BCUT2D eigenvalue weighted by atomic mass is 32.1. The zero-order valence-corrected chi connectivity index (χ0v) is 14.9. The van der Waals surface area contributed by atoms with Gasteiger partial charge in [0.15, 0.2) is 0 Å². The minimum atomic E-state index is 0.0756. The van der Waals surface area contributed by atoms with E-state index in [2.05, 4.69) is 24.4 Å². The van der Waals surface area contributed by atoms with Crippen LogP contribution in [0.2, 0.25) is 0 Å². The Balaban J connectivity index is 1.73. The summed E-state index contributed by atoms with van der Waals surface area (Å²) in [6.45, 7) is 2.77. The summed E-state index contributed by atoms with van der Waals surface area (Å²) in [6.07, 6.45) is 4.50. The van der Waals surface area contributed by atoms with Gasteiger partial charge in [-0.05, 0) is 49.3 Å². The van der Waals surface area contributed by atoms with E-state index in [1.165, 1.54) is 34.4 Å². The van der Waals surface area contributed by atoms with Gasteiger partial charge < -0.3 is 5.32 Å². The minimum absolute atomic E-state index is 0.0756. The van der Waals surface area contributed by atoms with Gasteiger partial charge in [-0.25, -0.2) is 4.98 Å². The van der Waals surface area contributed by atoms with E-state index in [1.54, 1.807) is 15.9 Å². The molecule has 5 heteroatoms. The first-order valence-corrected chi connectivity index (χ1v) is 9.26. The SMILES string of the molecule is Cc1ccccc1CNc1nc2sc3c(c2c(=O)n1C)CCCC3. The minimum Gasteiger partial charge on any atom is -0.351 e. The van der Waals surface area contributed by atoms with Gasteiger partial charge in [0.25, 0.3) is 5.56 Å². The van der Waals surface area contributed by atoms with Crippen molar-refractivity contribution < 1.29 is 0 Å². The van der Waals surface area contributed by atoms with E-state index in [0.29, 0.717) is 12.5 Å². The Labute approximate surface area is 145 Å². The zero-order valence-electron chi connectivity index (χ0n) is 14.1. The zero-order chi connectivity index (χ0) is 16.7. The van der Waals surface area contributed by atoms with Crippen molar-refractivity contribution in [1.82, 2.24) is 9.55 Å². The molecule has 4 nitrogen and oxygen atoms in total. The van der Waals surface area contributed by atoms with Crippen molar-refractivity contribution in [3.63, 3.8) is 0 Å². The summed E-state index contributed by atoms with van der Waals surface area (Å²) in [5, 5.41) is 4.19. The van der Waals surface area contributed by atoms with Crippen LogP contribution in [0.4, 0.5) is 5.95 Å². The van der Waals surface area contributed by atoms with Gasteiger partial charge in [0.2, 0.25) is 5.95 Å². The number of hydrogen-bond donors (Lipinski definition) is 1. The molecule has 24 heavy (non-hydrogen) atoms. The molecule has 2 heterocycles. The van der Waals surface area contributed by atoms with Crippen molar-refractivity contribution in [1.29, 1.82) is 0 Å². The van der Waals surface area contributed by atoms with Crippen LogP contribution in [0, 0.1) is 6.92 Å². The normalized spacial score (nSPS) is 13.9. The second-order valence-electron chi connectivity index (χ2n) is 6.47. The van der Waals surface area contributed by atoms with Gasteiger partial charge >= 0.3 is 0 Å². The highest BCUT2D eigenvalue weighted by Crippen LogP contribution is 2.34. The smallest absolute Gasteiger partial charge is 0.263 e. The molecule has 4 rings (SSSR count). The number of nitrogens with zero attached hydrogens (tertiary/aromatic N) is 2. The van der Waals surface area contributed by atoms with Crippen LogP contribution < -0.4 is 10.9 Å². The summed E-state index contributed by atoms with van der Waals surface area (Å²) in [4.78, 5) is 19.9. The van der Waals surface area contributed by atoms with E-state index in [0.717, 1.165) is 23.1 Å². The molecule has 3 aromatic rings. The van der Waals surface area contributed by atoms with Gasteiger partial charge in [-0.2, -0.15) is 0 Å². The van der Waals surface area contributed by atoms with Crippen molar-refractivity contribution in [3.05, 3.63) is 56.2 Å². The molecule has 0 unspecified atom stereocenters. The molecule has 0 saturated carbocycles.